The Labute approximate surface area is 206 Å². The average Bonchev–Trinajstić information content (AvgIpc) is 3.07. The molecule has 2 bridgehead atoms. The number of hydrogen-bond acceptors (Lipinski definition) is 2. The van der Waals surface area contributed by atoms with Crippen molar-refractivity contribution in [1.82, 2.24) is 0 Å². The van der Waals surface area contributed by atoms with Gasteiger partial charge in [-0.1, -0.05) is 104 Å². The molecule has 0 heterocycles. The first kappa shape index (κ1) is 28.6. The van der Waals surface area contributed by atoms with Crippen LogP contribution < -0.4 is 0 Å². The van der Waals surface area contributed by atoms with Crippen LogP contribution in [0.5, 0.6) is 0 Å². The summed E-state index contributed by atoms with van der Waals surface area (Å²) in [6, 6.07) is 0. The Morgan fingerprint density at radius 3 is 1.58 bits per heavy atom. The number of allylic oxidation sites excluding steroid dienone is 2. The van der Waals surface area contributed by atoms with E-state index in [9.17, 15) is 10.2 Å². The number of aliphatic hydroxyl groups is 2. The molecule has 0 saturated heterocycles. The van der Waals surface area contributed by atoms with Crippen LogP contribution in [0.1, 0.15) is 143 Å². The molecule has 0 aromatic rings. The predicted molar refractivity (Wildman–Crippen MR) is 143 cm³/mol. The third-order valence-corrected chi connectivity index (χ3v) is 10.1. The summed E-state index contributed by atoms with van der Waals surface area (Å²) >= 11 is 0. The molecule has 2 nitrogen and oxygen atoms in total. The van der Waals surface area contributed by atoms with Gasteiger partial charge in [0.05, 0.1) is 11.2 Å². The molecular formula is C31H56O2. The Bertz CT molecular complexity index is 596. The van der Waals surface area contributed by atoms with E-state index in [0.29, 0.717) is 0 Å². The van der Waals surface area contributed by atoms with Crippen molar-refractivity contribution in [2.45, 2.75) is 154 Å². The number of rotatable bonds is 19. The van der Waals surface area contributed by atoms with Crippen molar-refractivity contribution in [1.29, 1.82) is 0 Å². The summed E-state index contributed by atoms with van der Waals surface area (Å²) in [7, 11) is 0. The van der Waals surface area contributed by atoms with E-state index in [1.165, 1.54) is 70.6 Å². The molecule has 0 aromatic carbocycles. The van der Waals surface area contributed by atoms with E-state index in [1.54, 1.807) is 0 Å². The first-order valence-electron chi connectivity index (χ1n) is 14.4. The first-order valence-corrected chi connectivity index (χ1v) is 14.4. The van der Waals surface area contributed by atoms with Crippen molar-refractivity contribution in [3.63, 3.8) is 0 Å². The second kappa shape index (κ2) is 12.9. The lowest BCUT2D eigenvalue weighted by molar-refractivity contribution is -0.214. The van der Waals surface area contributed by atoms with E-state index in [4.69, 9.17) is 0 Å². The van der Waals surface area contributed by atoms with Gasteiger partial charge in [-0.05, 0) is 62.7 Å². The van der Waals surface area contributed by atoms with Crippen LogP contribution in [0.4, 0.5) is 0 Å². The standard InChI is InChI=1S/C31H56O2/c1-6-8-10-12-14-16-18-20-22-25-31(33)29(5)26-23-27(28(29,3)4)30(31,32)24-21-19-17-15-13-11-9-7-2/h6-7,27,32-33H,1-2,8-26H2,3-5H3/t27-,29-,30+,31-/m0/s1. The topological polar surface area (TPSA) is 40.5 Å². The number of hydrogen-bond donors (Lipinski definition) is 2. The molecule has 33 heavy (non-hydrogen) atoms. The highest BCUT2D eigenvalue weighted by atomic mass is 16.4. The lowest BCUT2D eigenvalue weighted by atomic mass is 9.59. The van der Waals surface area contributed by atoms with Gasteiger partial charge in [0.25, 0.3) is 0 Å². The summed E-state index contributed by atoms with van der Waals surface area (Å²) in [6.45, 7) is 14.5. The molecule has 2 heteroatoms. The molecule has 2 aliphatic carbocycles. The van der Waals surface area contributed by atoms with E-state index in [2.05, 4.69) is 33.9 Å². The third-order valence-electron chi connectivity index (χ3n) is 10.1. The fourth-order valence-corrected chi connectivity index (χ4v) is 7.66. The molecule has 2 aliphatic rings. The smallest absolute Gasteiger partial charge is 0.0994 e. The second-order valence-corrected chi connectivity index (χ2v) is 12.2. The lowest BCUT2D eigenvalue weighted by Crippen LogP contribution is -2.61. The van der Waals surface area contributed by atoms with Crippen LogP contribution >= 0.6 is 0 Å². The van der Waals surface area contributed by atoms with E-state index >= 15 is 0 Å². The fourth-order valence-electron chi connectivity index (χ4n) is 7.66. The van der Waals surface area contributed by atoms with E-state index in [-0.39, 0.29) is 16.7 Å². The van der Waals surface area contributed by atoms with E-state index in [0.717, 1.165) is 51.4 Å². The summed E-state index contributed by atoms with van der Waals surface area (Å²) in [4.78, 5) is 0. The molecule has 192 valence electrons. The van der Waals surface area contributed by atoms with Crippen molar-refractivity contribution < 1.29 is 10.2 Å². The zero-order valence-electron chi connectivity index (χ0n) is 22.5. The van der Waals surface area contributed by atoms with Crippen LogP contribution in [0.25, 0.3) is 0 Å². The van der Waals surface area contributed by atoms with Gasteiger partial charge < -0.3 is 10.2 Å². The molecule has 2 saturated carbocycles. The normalized spacial score (nSPS) is 32.3. The molecule has 4 atom stereocenters. The molecule has 0 aromatic heterocycles. The maximum absolute atomic E-state index is 12.2. The monoisotopic (exact) mass is 460 g/mol. The summed E-state index contributed by atoms with van der Waals surface area (Å²) < 4.78 is 0. The summed E-state index contributed by atoms with van der Waals surface area (Å²) in [6.07, 6.45) is 25.8. The molecule has 2 fully saturated rings. The van der Waals surface area contributed by atoms with Gasteiger partial charge in [-0.2, -0.15) is 0 Å². The van der Waals surface area contributed by atoms with Gasteiger partial charge in [0.2, 0.25) is 0 Å². The van der Waals surface area contributed by atoms with Gasteiger partial charge >= 0.3 is 0 Å². The predicted octanol–water partition coefficient (Wildman–Crippen LogP) is 8.91. The lowest BCUT2D eigenvalue weighted by Gasteiger charge is -2.52. The SMILES string of the molecule is C=CCCCCCCCCC[C@@]1(O)[C@@](O)(CCCCCCCCC=C)[C@H]2CC[C@@]1(C)C2(C)C. The maximum atomic E-state index is 12.2. The van der Waals surface area contributed by atoms with Crippen molar-refractivity contribution >= 4 is 0 Å². The highest BCUT2D eigenvalue weighted by molar-refractivity contribution is 5.28. The summed E-state index contributed by atoms with van der Waals surface area (Å²) in [5.41, 5.74) is -2.06. The van der Waals surface area contributed by atoms with Gasteiger partial charge in [-0.3, -0.25) is 0 Å². The van der Waals surface area contributed by atoms with E-state index in [1.807, 2.05) is 12.2 Å². The van der Waals surface area contributed by atoms with Crippen LogP contribution in [-0.2, 0) is 0 Å². The Balaban J connectivity index is 1.87. The minimum absolute atomic E-state index is 0.00760. The van der Waals surface area contributed by atoms with Crippen LogP contribution in [0.2, 0.25) is 0 Å². The van der Waals surface area contributed by atoms with Crippen molar-refractivity contribution in [2.24, 2.45) is 16.7 Å². The quantitative estimate of drug-likeness (QED) is 0.149. The minimum Gasteiger partial charge on any atom is -0.387 e. The molecular weight excluding hydrogens is 404 g/mol. The Kier molecular flexibility index (Phi) is 11.2. The average molecular weight is 461 g/mol. The fraction of sp³-hybridized carbons (Fsp3) is 0.871. The molecule has 0 spiro atoms. The van der Waals surface area contributed by atoms with Crippen LogP contribution in [0, 0.1) is 16.7 Å². The number of fused-ring (bicyclic) bond motifs is 2. The summed E-state index contributed by atoms with van der Waals surface area (Å²) in [5, 5.41) is 24.4. The van der Waals surface area contributed by atoms with E-state index < -0.39 is 11.2 Å². The molecule has 2 rings (SSSR count). The zero-order chi connectivity index (χ0) is 24.4. The third kappa shape index (κ3) is 5.97. The van der Waals surface area contributed by atoms with Crippen molar-refractivity contribution in [3.05, 3.63) is 25.3 Å². The Morgan fingerprint density at radius 1 is 0.667 bits per heavy atom. The Morgan fingerprint density at radius 2 is 1.09 bits per heavy atom. The molecule has 0 unspecified atom stereocenters. The molecule has 0 aliphatic heterocycles. The van der Waals surface area contributed by atoms with Gasteiger partial charge in [0.1, 0.15) is 0 Å². The number of unbranched alkanes of at least 4 members (excludes halogenated alkanes) is 13. The minimum atomic E-state index is -0.944. The maximum Gasteiger partial charge on any atom is 0.0994 e. The summed E-state index contributed by atoms with van der Waals surface area (Å²) in [5.74, 6) is 0.220. The highest BCUT2D eigenvalue weighted by Gasteiger charge is 2.78. The zero-order valence-corrected chi connectivity index (χ0v) is 22.5. The molecule has 0 amide bonds. The Hall–Kier alpha value is -0.600. The van der Waals surface area contributed by atoms with Gasteiger partial charge in [-0.25, -0.2) is 0 Å². The highest BCUT2D eigenvalue weighted by Crippen LogP contribution is 2.75. The van der Waals surface area contributed by atoms with Gasteiger partial charge in [0, 0.05) is 5.41 Å². The van der Waals surface area contributed by atoms with Gasteiger partial charge in [0.15, 0.2) is 0 Å². The largest absolute Gasteiger partial charge is 0.387 e. The van der Waals surface area contributed by atoms with Crippen molar-refractivity contribution in [3.8, 4) is 0 Å². The van der Waals surface area contributed by atoms with Gasteiger partial charge in [-0.15, -0.1) is 13.2 Å². The van der Waals surface area contributed by atoms with Crippen LogP contribution in [-0.4, -0.2) is 21.4 Å². The van der Waals surface area contributed by atoms with Crippen molar-refractivity contribution in [2.75, 3.05) is 0 Å². The second-order valence-electron chi connectivity index (χ2n) is 12.2. The molecule has 0 radical (unpaired) electrons. The van der Waals surface area contributed by atoms with Crippen LogP contribution in [0.15, 0.2) is 25.3 Å². The first-order chi connectivity index (χ1) is 15.7. The molecule has 2 N–H and O–H groups in total. The van der Waals surface area contributed by atoms with Crippen LogP contribution in [0.3, 0.4) is 0 Å².